The predicted molar refractivity (Wildman–Crippen MR) is 125 cm³/mol. The lowest BCUT2D eigenvalue weighted by Crippen LogP contribution is -2.29. The van der Waals surface area contributed by atoms with E-state index in [9.17, 15) is 14.7 Å². The zero-order chi connectivity index (χ0) is 22.6. The molecule has 2 unspecified atom stereocenters. The molecule has 6 heteroatoms. The van der Waals surface area contributed by atoms with E-state index in [0.717, 1.165) is 33.7 Å². The van der Waals surface area contributed by atoms with Crippen molar-refractivity contribution in [2.24, 2.45) is 0 Å². The van der Waals surface area contributed by atoms with Gasteiger partial charge in [-0.25, -0.2) is 0 Å². The first-order chi connectivity index (χ1) is 15.3. The standard InChI is InChI=1S/C26H23NO4S/c1-14-9-15(2)11-19(10-14)27-23(21-5-4-8-32-21)22(25(29)26(27)30)24(28)17-6-7-20-18(13-17)12-16(3)31-20/h4-11,13,16,23,28H,12H2,1-3H3/b24-22-. The van der Waals surface area contributed by atoms with Gasteiger partial charge in [-0.05, 0) is 79.2 Å². The molecule has 3 heterocycles. The number of ketones is 1. The largest absolute Gasteiger partial charge is 0.507 e. The molecule has 0 saturated carbocycles. The molecule has 2 aliphatic heterocycles. The molecule has 2 atom stereocenters. The average Bonchev–Trinajstić information content (AvgIpc) is 3.44. The molecule has 2 aromatic carbocycles. The van der Waals surface area contributed by atoms with E-state index in [1.54, 1.807) is 6.07 Å². The van der Waals surface area contributed by atoms with Crippen LogP contribution in [-0.4, -0.2) is 22.9 Å². The van der Waals surface area contributed by atoms with Gasteiger partial charge in [-0.2, -0.15) is 0 Å². The van der Waals surface area contributed by atoms with Crippen molar-refractivity contribution in [3.05, 3.63) is 86.6 Å². The number of anilines is 1. The lowest BCUT2D eigenvalue weighted by atomic mass is 9.98. The summed E-state index contributed by atoms with van der Waals surface area (Å²) in [7, 11) is 0. The fourth-order valence-electron chi connectivity index (χ4n) is 4.63. The Morgan fingerprint density at radius 3 is 2.53 bits per heavy atom. The number of Topliss-reactive ketones (excluding diaryl/α,β-unsaturated/α-hetero) is 1. The molecule has 5 nitrogen and oxygen atoms in total. The number of hydrogen-bond donors (Lipinski definition) is 1. The van der Waals surface area contributed by atoms with Crippen LogP contribution in [0, 0.1) is 13.8 Å². The second-order valence-corrected chi connectivity index (χ2v) is 9.46. The molecule has 2 aliphatic rings. The molecule has 5 rings (SSSR count). The fraction of sp³-hybridized carbons (Fsp3) is 0.231. The lowest BCUT2D eigenvalue weighted by Gasteiger charge is -2.25. The van der Waals surface area contributed by atoms with Gasteiger partial charge in [-0.15, -0.1) is 11.3 Å². The number of benzene rings is 2. The number of aliphatic hydroxyl groups is 1. The monoisotopic (exact) mass is 445 g/mol. The molecule has 1 aromatic heterocycles. The number of thiophene rings is 1. The third-order valence-electron chi connectivity index (χ3n) is 5.91. The number of aliphatic hydroxyl groups excluding tert-OH is 1. The molecule has 1 fully saturated rings. The molecular weight excluding hydrogens is 422 g/mol. The van der Waals surface area contributed by atoms with Crippen molar-refractivity contribution in [3.63, 3.8) is 0 Å². The van der Waals surface area contributed by atoms with Gasteiger partial charge >= 0.3 is 0 Å². The first-order valence-electron chi connectivity index (χ1n) is 10.6. The minimum atomic E-state index is -0.681. The van der Waals surface area contributed by atoms with Crippen molar-refractivity contribution in [3.8, 4) is 5.75 Å². The predicted octanol–water partition coefficient (Wildman–Crippen LogP) is 5.31. The Labute approximate surface area is 190 Å². The van der Waals surface area contributed by atoms with Gasteiger partial charge in [-0.1, -0.05) is 12.1 Å². The van der Waals surface area contributed by atoms with E-state index in [1.165, 1.54) is 16.2 Å². The van der Waals surface area contributed by atoms with E-state index in [0.29, 0.717) is 11.3 Å². The van der Waals surface area contributed by atoms with Crippen LogP contribution in [0.2, 0.25) is 0 Å². The Morgan fingerprint density at radius 1 is 1.09 bits per heavy atom. The van der Waals surface area contributed by atoms with Crippen LogP contribution in [0.15, 0.2) is 59.5 Å². The van der Waals surface area contributed by atoms with Gasteiger partial charge < -0.3 is 9.84 Å². The molecule has 3 aromatic rings. The minimum absolute atomic E-state index is 0.0728. The number of carbonyl (C=O) groups excluding carboxylic acids is 2. The third kappa shape index (κ3) is 3.31. The van der Waals surface area contributed by atoms with Crippen LogP contribution >= 0.6 is 11.3 Å². The highest BCUT2D eigenvalue weighted by atomic mass is 32.1. The summed E-state index contributed by atoms with van der Waals surface area (Å²) in [4.78, 5) is 28.8. The van der Waals surface area contributed by atoms with Crippen molar-refractivity contribution < 1.29 is 19.4 Å². The van der Waals surface area contributed by atoms with Crippen molar-refractivity contribution >= 4 is 34.5 Å². The van der Waals surface area contributed by atoms with Gasteiger partial charge in [0, 0.05) is 22.5 Å². The van der Waals surface area contributed by atoms with Gasteiger partial charge in [0.2, 0.25) is 0 Å². The Hall–Kier alpha value is -3.38. The van der Waals surface area contributed by atoms with Crippen molar-refractivity contribution in [1.29, 1.82) is 0 Å². The highest BCUT2D eigenvalue weighted by molar-refractivity contribution is 7.10. The van der Waals surface area contributed by atoms with Crippen molar-refractivity contribution in [2.45, 2.75) is 39.3 Å². The zero-order valence-corrected chi connectivity index (χ0v) is 18.9. The summed E-state index contributed by atoms with van der Waals surface area (Å²) >= 11 is 1.46. The first kappa shape index (κ1) is 20.5. The average molecular weight is 446 g/mol. The Balaban J connectivity index is 1.68. The maximum Gasteiger partial charge on any atom is 0.300 e. The number of amides is 1. The molecular formula is C26H23NO4S. The van der Waals surface area contributed by atoms with E-state index < -0.39 is 17.7 Å². The second-order valence-electron chi connectivity index (χ2n) is 8.49. The van der Waals surface area contributed by atoms with E-state index in [2.05, 4.69) is 0 Å². The molecule has 0 bridgehead atoms. The first-order valence-corrected chi connectivity index (χ1v) is 11.4. The fourth-order valence-corrected chi connectivity index (χ4v) is 5.45. The van der Waals surface area contributed by atoms with Crippen LogP contribution in [0.3, 0.4) is 0 Å². The maximum absolute atomic E-state index is 13.2. The maximum atomic E-state index is 13.2. The summed E-state index contributed by atoms with van der Waals surface area (Å²) < 4.78 is 5.76. The highest BCUT2D eigenvalue weighted by Gasteiger charge is 2.47. The summed E-state index contributed by atoms with van der Waals surface area (Å²) in [5, 5.41) is 13.2. The number of hydrogen-bond acceptors (Lipinski definition) is 5. The van der Waals surface area contributed by atoms with E-state index in [4.69, 9.17) is 4.74 Å². The normalized spacial score (nSPS) is 21.7. The summed E-state index contributed by atoms with van der Waals surface area (Å²) in [5.74, 6) is -0.672. The number of ether oxygens (including phenoxy) is 1. The van der Waals surface area contributed by atoms with E-state index in [1.807, 2.05) is 68.6 Å². The number of rotatable bonds is 3. The molecule has 32 heavy (non-hydrogen) atoms. The van der Waals surface area contributed by atoms with Crippen LogP contribution in [0.4, 0.5) is 5.69 Å². The SMILES string of the molecule is Cc1cc(C)cc(N2C(=O)C(=O)/C(=C(\O)c3ccc4c(c3)CC(C)O4)C2c2cccs2)c1. The Bertz CT molecular complexity index is 1250. The Kier molecular flexibility index (Phi) is 4.90. The van der Waals surface area contributed by atoms with Crippen LogP contribution in [0.1, 0.15) is 40.1 Å². The van der Waals surface area contributed by atoms with Gasteiger partial charge in [0.25, 0.3) is 11.7 Å². The quantitative estimate of drug-likeness (QED) is 0.337. The molecule has 162 valence electrons. The molecule has 0 aliphatic carbocycles. The van der Waals surface area contributed by atoms with Crippen LogP contribution < -0.4 is 9.64 Å². The highest BCUT2D eigenvalue weighted by Crippen LogP contribution is 2.44. The summed E-state index contributed by atoms with van der Waals surface area (Å²) in [5.41, 5.74) is 4.26. The van der Waals surface area contributed by atoms with Crippen molar-refractivity contribution in [2.75, 3.05) is 4.90 Å². The van der Waals surface area contributed by atoms with Gasteiger partial charge in [-0.3, -0.25) is 14.5 Å². The van der Waals surface area contributed by atoms with Gasteiger partial charge in [0.05, 0.1) is 5.57 Å². The smallest absolute Gasteiger partial charge is 0.300 e. The molecule has 1 saturated heterocycles. The van der Waals surface area contributed by atoms with E-state index >= 15 is 0 Å². The topological polar surface area (TPSA) is 66.8 Å². The Morgan fingerprint density at radius 2 is 1.84 bits per heavy atom. The lowest BCUT2D eigenvalue weighted by molar-refractivity contribution is -0.132. The second kappa shape index (κ2) is 7.64. The molecule has 1 N–H and O–H groups in total. The number of carbonyl (C=O) groups is 2. The molecule has 0 radical (unpaired) electrons. The van der Waals surface area contributed by atoms with Gasteiger partial charge in [0.1, 0.15) is 23.7 Å². The van der Waals surface area contributed by atoms with Crippen LogP contribution in [-0.2, 0) is 16.0 Å². The zero-order valence-electron chi connectivity index (χ0n) is 18.1. The van der Waals surface area contributed by atoms with Crippen molar-refractivity contribution in [1.82, 2.24) is 0 Å². The van der Waals surface area contributed by atoms with E-state index in [-0.39, 0.29) is 17.4 Å². The third-order valence-corrected chi connectivity index (χ3v) is 6.84. The molecule has 1 amide bonds. The summed E-state index contributed by atoms with van der Waals surface area (Å²) in [6.45, 7) is 5.91. The number of fused-ring (bicyclic) bond motifs is 1. The summed E-state index contributed by atoms with van der Waals surface area (Å²) in [6, 6.07) is 14.3. The number of aryl methyl sites for hydroxylation is 2. The number of nitrogens with zero attached hydrogens (tertiary/aromatic N) is 1. The summed E-state index contributed by atoms with van der Waals surface area (Å²) in [6.07, 6.45) is 0.811. The molecule has 0 spiro atoms. The van der Waals surface area contributed by atoms with Crippen LogP contribution in [0.25, 0.3) is 5.76 Å². The van der Waals surface area contributed by atoms with Crippen LogP contribution in [0.5, 0.6) is 5.75 Å². The minimum Gasteiger partial charge on any atom is -0.507 e. The van der Waals surface area contributed by atoms with Gasteiger partial charge in [0.15, 0.2) is 0 Å².